The predicted octanol–water partition coefficient (Wildman–Crippen LogP) is 3.56. The highest BCUT2D eigenvalue weighted by atomic mass is 127. The van der Waals surface area contributed by atoms with Crippen LogP contribution in [0.1, 0.15) is 21.9 Å². The monoisotopic (exact) mass is 372 g/mol. The Morgan fingerprint density at radius 1 is 1.37 bits per heavy atom. The van der Waals surface area contributed by atoms with Crippen molar-refractivity contribution in [3.8, 4) is 5.75 Å². The highest BCUT2D eigenvalue weighted by molar-refractivity contribution is 14.1. The lowest BCUT2D eigenvalue weighted by atomic mass is 10.2. The highest BCUT2D eigenvalue weighted by Gasteiger charge is 2.15. The van der Waals surface area contributed by atoms with Crippen molar-refractivity contribution < 1.29 is 18.7 Å². The molecule has 0 saturated heterocycles. The number of carbonyl (C=O) groups is 1. The minimum Gasteiger partial charge on any atom is -0.486 e. The third kappa shape index (κ3) is 3.50. The van der Waals surface area contributed by atoms with Crippen molar-refractivity contribution in [2.75, 3.05) is 7.11 Å². The minimum absolute atomic E-state index is 0.276. The molecule has 1 aromatic heterocycles. The Bertz CT molecular complexity index is 589. The van der Waals surface area contributed by atoms with Gasteiger partial charge in [0.15, 0.2) is 0 Å². The van der Waals surface area contributed by atoms with Crippen molar-refractivity contribution in [2.45, 2.75) is 13.5 Å². The molecule has 0 aliphatic heterocycles. The SMILES string of the molecule is COC(=O)c1cc(COc2cccc(I)c2)oc1C. The van der Waals surface area contributed by atoms with Crippen LogP contribution < -0.4 is 4.74 Å². The summed E-state index contributed by atoms with van der Waals surface area (Å²) < 4.78 is 16.8. The average molecular weight is 372 g/mol. The van der Waals surface area contributed by atoms with Crippen molar-refractivity contribution in [3.05, 3.63) is 51.0 Å². The van der Waals surface area contributed by atoms with Crippen molar-refractivity contribution >= 4 is 28.6 Å². The summed E-state index contributed by atoms with van der Waals surface area (Å²) in [5.41, 5.74) is 0.434. The zero-order valence-corrected chi connectivity index (χ0v) is 12.8. The lowest BCUT2D eigenvalue weighted by Gasteiger charge is -2.03. The topological polar surface area (TPSA) is 48.7 Å². The van der Waals surface area contributed by atoms with E-state index in [1.807, 2.05) is 24.3 Å². The van der Waals surface area contributed by atoms with E-state index in [1.54, 1.807) is 13.0 Å². The summed E-state index contributed by atoms with van der Waals surface area (Å²) >= 11 is 2.22. The number of hydrogen-bond acceptors (Lipinski definition) is 4. The molecule has 0 fully saturated rings. The molecule has 0 spiro atoms. The van der Waals surface area contributed by atoms with Gasteiger partial charge in [0.1, 0.15) is 29.4 Å². The zero-order valence-electron chi connectivity index (χ0n) is 10.6. The van der Waals surface area contributed by atoms with Gasteiger partial charge in [0.2, 0.25) is 0 Å². The van der Waals surface area contributed by atoms with Crippen molar-refractivity contribution in [1.29, 1.82) is 0 Å². The van der Waals surface area contributed by atoms with E-state index in [0.29, 0.717) is 17.1 Å². The van der Waals surface area contributed by atoms with Crippen LogP contribution in [0.3, 0.4) is 0 Å². The molecule has 0 aliphatic rings. The summed E-state index contributed by atoms with van der Waals surface area (Å²) in [5, 5.41) is 0. The Morgan fingerprint density at radius 3 is 2.84 bits per heavy atom. The Morgan fingerprint density at radius 2 is 2.16 bits per heavy atom. The van der Waals surface area contributed by atoms with Crippen LogP contribution in [0.15, 0.2) is 34.7 Å². The minimum atomic E-state index is -0.401. The molecular formula is C14H13IO4. The molecule has 0 radical (unpaired) electrons. The van der Waals surface area contributed by atoms with Crippen LogP contribution >= 0.6 is 22.6 Å². The lowest BCUT2D eigenvalue weighted by Crippen LogP contribution is -2.00. The molecule has 2 rings (SSSR count). The second kappa shape index (κ2) is 6.10. The fourth-order valence-electron chi connectivity index (χ4n) is 1.64. The van der Waals surface area contributed by atoms with Crippen LogP contribution in [-0.2, 0) is 11.3 Å². The molecule has 2 aromatic rings. The number of rotatable bonds is 4. The van der Waals surface area contributed by atoms with Crippen molar-refractivity contribution in [2.24, 2.45) is 0 Å². The fraction of sp³-hybridized carbons (Fsp3) is 0.214. The van der Waals surface area contributed by atoms with Gasteiger partial charge in [0, 0.05) is 3.57 Å². The van der Waals surface area contributed by atoms with E-state index in [-0.39, 0.29) is 6.61 Å². The molecule has 19 heavy (non-hydrogen) atoms. The molecule has 100 valence electrons. The molecule has 0 N–H and O–H groups in total. The Kier molecular flexibility index (Phi) is 4.47. The summed E-state index contributed by atoms with van der Waals surface area (Å²) in [6.45, 7) is 2.00. The number of esters is 1. The van der Waals surface area contributed by atoms with Gasteiger partial charge in [-0.25, -0.2) is 4.79 Å². The van der Waals surface area contributed by atoms with E-state index in [1.165, 1.54) is 7.11 Å². The van der Waals surface area contributed by atoms with Crippen LogP contribution in [0.5, 0.6) is 5.75 Å². The maximum absolute atomic E-state index is 11.4. The van der Waals surface area contributed by atoms with Crippen LogP contribution in [0.2, 0.25) is 0 Å². The van der Waals surface area contributed by atoms with E-state index in [9.17, 15) is 4.79 Å². The molecule has 0 atom stereocenters. The van der Waals surface area contributed by atoms with Gasteiger partial charge >= 0.3 is 5.97 Å². The first-order valence-electron chi connectivity index (χ1n) is 5.66. The molecular weight excluding hydrogens is 359 g/mol. The van der Waals surface area contributed by atoms with Gasteiger partial charge < -0.3 is 13.9 Å². The van der Waals surface area contributed by atoms with Crippen LogP contribution in [0, 0.1) is 10.5 Å². The number of halogens is 1. The first-order chi connectivity index (χ1) is 9.10. The molecule has 1 heterocycles. The number of furan rings is 1. The zero-order chi connectivity index (χ0) is 13.8. The van der Waals surface area contributed by atoms with Crippen LogP contribution in [-0.4, -0.2) is 13.1 Å². The second-order valence-corrected chi connectivity index (χ2v) is 5.17. The third-order valence-electron chi connectivity index (χ3n) is 2.55. The predicted molar refractivity (Wildman–Crippen MR) is 78.3 cm³/mol. The van der Waals surface area contributed by atoms with Gasteiger partial charge in [-0.1, -0.05) is 6.07 Å². The van der Waals surface area contributed by atoms with E-state index in [4.69, 9.17) is 9.15 Å². The summed E-state index contributed by atoms with van der Waals surface area (Å²) in [6, 6.07) is 9.36. The highest BCUT2D eigenvalue weighted by Crippen LogP contribution is 2.19. The van der Waals surface area contributed by atoms with Crippen molar-refractivity contribution in [3.63, 3.8) is 0 Å². The van der Waals surface area contributed by atoms with Gasteiger partial charge in [-0.05, 0) is 53.8 Å². The number of hydrogen-bond donors (Lipinski definition) is 0. The van der Waals surface area contributed by atoms with Gasteiger partial charge in [-0.15, -0.1) is 0 Å². The van der Waals surface area contributed by atoms with Crippen LogP contribution in [0.25, 0.3) is 0 Å². The molecule has 0 amide bonds. The van der Waals surface area contributed by atoms with E-state index < -0.39 is 5.97 Å². The van der Waals surface area contributed by atoms with E-state index in [0.717, 1.165) is 9.32 Å². The average Bonchev–Trinajstić information content (AvgIpc) is 2.77. The largest absolute Gasteiger partial charge is 0.486 e. The Hall–Kier alpha value is -1.50. The molecule has 4 nitrogen and oxygen atoms in total. The maximum atomic E-state index is 11.4. The molecule has 0 aliphatic carbocycles. The summed E-state index contributed by atoms with van der Waals surface area (Å²) in [5.74, 6) is 1.49. The summed E-state index contributed by atoms with van der Waals surface area (Å²) in [4.78, 5) is 11.4. The number of methoxy groups -OCH3 is 1. The third-order valence-corrected chi connectivity index (χ3v) is 3.22. The fourth-order valence-corrected chi connectivity index (χ4v) is 2.15. The summed E-state index contributed by atoms with van der Waals surface area (Å²) in [6.07, 6.45) is 0. The Labute approximate surface area is 124 Å². The summed E-state index contributed by atoms with van der Waals surface area (Å²) in [7, 11) is 1.34. The number of ether oxygens (including phenoxy) is 2. The first kappa shape index (κ1) is 13.9. The van der Waals surface area contributed by atoms with E-state index >= 15 is 0 Å². The molecule has 5 heteroatoms. The quantitative estimate of drug-likeness (QED) is 0.608. The van der Waals surface area contributed by atoms with Gasteiger partial charge in [-0.3, -0.25) is 0 Å². The number of benzene rings is 1. The standard InChI is InChI=1S/C14H13IO4/c1-9-13(14(16)17-2)7-12(19-9)8-18-11-5-3-4-10(15)6-11/h3-7H,8H2,1-2H3. The first-order valence-corrected chi connectivity index (χ1v) is 6.74. The second-order valence-electron chi connectivity index (χ2n) is 3.92. The van der Waals surface area contributed by atoms with Crippen molar-refractivity contribution in [1.82, 2.24) is 0 Å². The van der Waals surface area contributed by atoms with Crippen LogP contribution in [0.4, 0.5) is 0 Å². The number of carbonyl (C=O) groups excluding carboxylic acids is 1. The van der Waals surface area contributed by atoms with E-state index in [2.05, 4.69) is 27.3 Å². The molecule has 0 saturated carbocycles. The lowest BCUT2D eigenvalue weighted by molar-refractivity contribution is 0.0599. The Balaban J connectivity index is 2.06. The van der Waals surface area contributed by atoms with Gasteiger partial charge in [-0.2, -0.15) is 0 Å². The number of aryl methyl sites for hydroxylation is 1. The van der Waals surface area contributed by atoms with Gasteiger partial charge in [0.05, 0.1) is 7.11 Å². The van der Waals surface area contributed by atoms with Gasteiger partial charge in [0.25, 0.3) is 0 Å². The molecule has 1 aromatic carbocycles. The molecule has 0 bridgehead atoms. The smallest absolute Gasteiger partial charge is 0.341 e. The normalized spacial score (nSPS) is 10.3. The maximum Gasteiger partial charge on any atom is 0.341 e. The molecule has 0 unspecified atom stereocenters.